The van der Waals surface area contributed by atoms with E-state index in [4.69, 9.17) is 0 Å². The van der Waals surface area contributed by atoms with Gasteiger partial charge in [0.2, 0.25) is 5.95 Å². The summed E-state index contributed by atoms with van der Waals surface area (Å²) in [6, 6.07) is 9.07. The van der Waals surface area contributed by atoms with Gasteiger partial charge in [-0.1, -0.05) is 0 Å². The number of rotatable bonds is 8. The van der Waals surface area contributed by atoms with E-state index in [2.05, 4.69) is 30.5 Å². The quantitative estimate of drug-likeness (QED) is 0.574. The summed E-state index contributed by atoms with van der Waals surface area (Å²) in [6.07, 6.45) is 4.32. The van der Waals surface area contributed by atoms with Crippen LogP contribution in [-0.2, 0) is 0 Å². The highest BCUT2D eigenvalue weighted by molar-refractivity contribution is 5.66. The van der Waals surface area contributed by atoms with Crippen molar-refractivity contribution in [1.29, 1.82) is 0 Å². The summed E-state index contributed by atoms with van der Waals surface area (Å²) >= 11 is 0. The van der Waals surface area contributed by atoms with Gasteiger partial charge in [-0.25, -0.2) is 13.8 Å². The molecule has 6 nitrogen and oxygen atoms in total. The third-order valence-corrected chi connectivity index (χ3v) is 3.94. The zero-order valence-electron chi connectivity index (χ0n) is 15.8. The molecule has 0 bridgehead atoms. The van der Waals surface area contributed by atoms with E-state index in [0.29, 0.717) is 29.7 Å². The SMILES string of the molecule is CN(C)CCCNc1nc(Nc2ccc(F)c(F)c2)cc(-c2cccnc2)n1. The topological polar surface area (TPSA) is 66.0 Å². The smallest absolute Gasteiger partial charge is 0.225 e. The molecule has 146 valence electrons. The summed E-state index contributed by atoms with van der Waals surface area (Å²) < 4.78 is 26.7. The fourth-order valence-electron chi connectivity index (χ4n) is 2.57. The van der Waals surface area contributed by atoms with Crippen LogP contribution in [0.3, 0.4) is 0 Å². The Labute approximate surface area is 162 Å². The van der Waals surface area contributed by atoms with Crippen LogP contribution < -0.4 is 10.6 Å². The molecule has 0 saturated heterocycles. The first-order valence-corrected chi connectivity index (χ1v) is 8.91. The van der Waals surface area contributed by atoms with E-state index in [1.54, 1.807) is 18.5 Å². The van der Waals surface area contributed by atoms with Gasteiger partial charge < -0.3 is 15.5 Å². The average molecular weight is 384 g/mol. The fourth-order valence-corrected chi connectivity index (χ4v) is 2.57. The van der Waals surface area contributed by atoms with Gasteiger partial charge in [0.1, 0.15) is 5.82 Å². The van der Waals surface area contributed by atoms with Crippen molar-refractivity contribution < 1.29 is 8.78 Å². The molecule has 28 heavy (non-hydrogen) atoms. The third kappa shape index (κ3) is 5.43. The summed E-state index contributed by atoms with van der Waals surface area (Å²) in [5.41, 5.74) is 1.89. The van der Waals surface area contributed by atoms with Gasteiger partial charge in [0.15, 0.2) is 11.6 Å². The van der Waals surface area contributed by atoms with Crippen LogP contribution in [0, 0.1) is 11.6 Å². The second-order valence-electron chi connectivity index (χ2n) is 6.54. The van der Waals surface area contributed by atoms with Gasteiger partial charge in [-0.3, -0.25) is 4.98 Å². The number of nitrogens with one attached hydrogen (secondary N) is 2. The molecule has 0 fully saturated rings. The summed E-state index contributed by atoms with van der Waals surface area (Å²) in [6.45, 7) is 1.65. The van der Waals surface area contributed by atoms with E-state index < -0.39 is 11.6 Å². The number of hydrogen-bond donors (Lipinski definition) is 2. The standard InChI is InChI=1S/C20H22F2N6/c1-28(2)10-4-9-24-20-26-18(14-5-3-8-23-13-14)12-19(27-20)25-15-6-7-16(21)17(22)11-15/h3,5-8,11-13H,4,9-10H2,1-2H3,(H2,24,25,26,27). The van der Waals surface area contributed by atoms with Crippen molar-refractivity contribution in [3.63, 3.8) is 0 Å². The minimum atomic E-state index is -0.923. The predicted octanol–water partition coefficient (Wildman–Crippen LogP) is 3.92. The maximum absolute atomic E-state index is 13.5. The van der Waals surface area contributed by atoms with Crippen LogP contribution in [0.15, 0.2) is 48.8 Å². The number of nitrogens with zero attached hydrogens (tertiary/aromatic N) is 4. The predicted molar refractivity (Wildman–Crippen MR) is 107 cm³/mol. The first kappa shape index (κ1) is 19.6. The Morgan fingerprint density at radius 3 is 2.61 bits per heavy atom. The lowest BCUT2D eigenvalue weighted by Crippen LogP contribution is -2.17. The van der Waals surface area contributed by atoms with Crippen molar-refractivity contribution in [1.82, 2.24) is 19.9 Å². The molecule has 0 radical (unpaired) electrons. The molecule has 0 atom stereocenters. The van der Waals surface area contributed by atoms with Crippen molar-refractivity contribution in [2.45, 2.75) is 6.42 Å². The van der Waals surface area contributed by atoms with Crippen molar-refractivity contribution in [3.05, 3.63) is 60.4 Å². The van der Waals surface area contributed by atoms with Gasteiger partial charge in [0, 0.05) is 42.3 Å². The first-order chi connectivity index (χ1) is 13.5. The molecule has 0 aliphatic heterocycles. The number of aromatic nitrogens is 3. The molecule has 0 saturated carbocycles. The molecule has 3 aromatic rings. The normalized spacial score (nSPS) is 10.9. The molecule has 2 heterocycles. The number of anilines is 3. The first-order valence-electron chi connectivity index (χ1n) is 8.91. The minimum Gasteiger partial charge on any atom is -0.354 e. The van der Waals surface area contributed by atoms with E-state index in [9.17, 15) is 8.78 Å². The van der Waals surface area contributed by atoms with Gasteiger partial charge in [0.25, 0.3) is 0 Å². The van der Waals surface area contributed by atoms with Crippen LogP contribution in [0.1, 0.15) is 6.42 Å². The number of hydrogen-bond acceptors (Lipinski definition) is 6. The van der Waals surface area contributed by atoms with Gasteiger partial charge >= 0.3 is 0 Å². The molecule has 2 N–H and O–H groups in total. The highest BCUT2D eigenvalue weighted by Gasteiger charge is 2.09. The highest BCUT2D eigenvalue weighted by atomic mass is 19.2. The molecule has 1 aromatic carbocycles. The maximum Gasteiger partial charge on any atom is 0.225 e. The molecule has 0 aliphatic rings. The summed E-state index contributed by atoms with van der Waals surface area (Å²) in [4.78, 5) is 15.2. The summed E-state index contributed by atoms with van der Waals surface area (Å²) in [5, 5.41) is 6.22. The Morgan fingerprint density at radius 2 is 1.89 bits per heavy atom. The number of benzene rings is 1. The van der Waals surface area contributed by atoms with Crippen LogP contribution in [0.5, 0.6) is 0 Å². The molecule has 8 heteroatoms. The molecular weight excluding hydrogens is 362 g/mol. The van der Waals surface area contributed by atoms with E-state index in [1.807, 2.05) is 26.2 Å². The van der Waals surface area contributed by atoms with Crippen molar-refractivity contribution in [2.24, 2.45) is 0 Å². The Hall–Kier alpha value is -3.13. The van der Waals surface area contributed by atoms with Crippen LogP contribution in [0.4, 0.5) is 26.2 Å². The van der Waals surface area contributed by atoms with Gasteiger partial charge in [-0.2, -0.15) is 4.98 Å². The van der Waals surface area contributed by atoms with E-state index in [-0.39, 0.29) is 0 Å². The zero-order chi connectivity index (χ0) is 19.9. The van der Waals surface area contributed by atoms with Crippen molar-refractivity contribution in [2.75, 3.05) is 37.8 Å². The van der Waals surface area contributed by atoms with E-state index in [0.717, 1.165) is 30.7 Å². The number of pyridine rings is 1. The van der Waals surface area contributed by atoms with Crippen LogP contribution in [0.2, 0.25) is 0 Å². The Kier molecular flexibility index (Phi) is 6.44. The lowest BCUT2D eigenvalue weighted by molar-refractivity contribution is 0.405. The second kappa shape index (κ2) is 9.18. The van der Waals surface area contributed by atoms with Crippen LogP contribution in [0.25, 0.3) is 11.3 Å². The number of halogens is 2. The second-order valence-corrected chi connectivity index (χ2v) is 6.54. The van der Waals surface area contributed by atoms with Crippen LogP contribution in [-0.4, -0.2) is 47.0 Å². The highest BCUT2D eigenvalue weighted by Crippen LogP contribution is 2.24. The van der Waals surface area contributed by atoms with Gasteiger partial charge in [0.05, 0.1) is 5.69 Å². The largest absolute Gasteiger partial charge is 0.354 e. The van der Waals surface area contributed by atoms with Gasteiger partial charge in [-0.05, 0) is 51.3 Å². The van der Waals surface area contributed by atoms with Crippen molar-refractivity contribution in [3.8, 4) is 11.3 Å². The lowest BCUT2D eigenvalue weighted by Gasteiger charge is -2.13. The minimum absolute atomic E-state index is 0.397. The maximum atomic E-state index is 13.5. The van der Waals surface area contributed by atoms with Crippen molar-refractivity contribution >= 4 is 17.5 Å². The Bertz CT molecular complexity index is 918. The summed E-state index contributed by atoms with van der Waals surface area (Å²) in [5.74, 6) is -0.902. The molecule has 2 aromatic heterocycles. The van der Waals surface area contributed by atoms with Crippen LogP contribution >= 0.6 is 0 Å². The zero-order valence-corrected chi connectivity index (χ0v) is 15.8. The van der Waals surface area contributed by atoms with E-state index in [1.165, 1.54) is 6.07 Å². The molecule has 3 rings (SSSR count). The molecule has 0 amide bonds. The Morgan fingerprint density at radius 1 is 1.04 bits per heavy atom. The molecule has 0 aliphatic carbocycles. The Balaban J connectivity index is 1.85. The van der Waals surface area contributed by atoms with E-state index >= 15 is 0 Å². The fraction of sp³-hybridized carbons (Fsp3) is 0.250. The van der Waals surface area contributed by atoms with Gasteiger partial charge in [-0.15, -0.1) is 0 Å². The lowest BCUT2D eigenvalue weighted by atomic mass is 10.2. The monoisotopic (exact) mass is 384 g/mol. The third-order valence-electron chi connectivity index (χ3n) is 3.94. The average Bonchev–Trinajstić information content (AvgIpc) is 2.68. The summed E-state index contributed by atoms with van der Waals surface area (Å²) in [7, 11) is 4.03. The molecule has 0 spiro atoms. The molecule has 0 unspecified atom stereocenters. The molecular formula is C20H22F2N6.